The Morgan fingerprint density at radius 3 is 2.74 bits per heavy atom. The van der Waals surface area contributed by atoms with Gasteiger partial charge in [0.1, 0.15) is 5.82 Å². The number of pyridine rings is 1. The van der Waals surface area contributed by atoms with Crippen molar-refractivity contribution < 1.29 is 9.18 Å². The van der Waals surface area contributed by atoms with E-state index in [1.807, 2.05) is 52.0 Å². The van der Waals surface area contributed by atoms with Gasteiger partial charge in [0.25, 0.3) is 5.56 Å². The summed E-state index contributed by atoms with van der Waals surface area (Å²) >= 11 is 6.10. The number of rotatable bonds is 5. The molecular weight excluding hydrogens is 455 g/mol. The molecule has 1 aliphatic rings. The zero-order chi connectivity index (χ0) is 24.6. The van der Waals surface area contributed by atoms with Crippen molar-refractivity contribution in [2.24, 2.45) is 0 Å². The highest BCUT2D eigenvalue weighted by Crippen LogP contribution is 2.31. The van der Waals surface area contributed by atoms with E-state index in [1.165, 1.54) is 6.07 Å². The molecule has 34 heavy (non-hydrogen) atoms. The van der Waals surface area contributed by atoms with E-state index in [-0.39, 0.29) is 40.7 Å². The average molecular weight is 485 g/mol. The number of benzene rings is 2. The van der Waals surface area contributed by atoms with Crippen LogP contribution < -0.4 is 16.2 Å². The van der Waals surface area contributed by atoms with Gasteiger partial charge in [-0.3, -0.25) is 9.59 Å². The van der Waals surface area contributed by atoms with E-state index in [0.717, 1.165) is 17.5 Å². The quantitative estimate of drug-likeness (QED) is 0.487. The maximum atomic E-state index is 14.7. The van der Waals surface area contributed by atoms with Gasteiger partial charge in [-0.1, -0.05) is 17.7 Å². The number of hydrogen-bond donors (Lipinski definition) is 3. The first-order chi connectivity index (χ1) is 16.0. The molecule has 0 fully saturated rings. The topological polar surface area (TPSA) is 77.2 Å². The molecule has 2 heterocycles. The van der Waals surface area contributed by atoms with E-state index < -0.39 is 5.82 Å². The van der Waals surface area contributed by atoms with Crippen LogP contribution in [0.2, 0.25) is 5.02 Å². The Morgan fingerprint density at radius 1 is 1.24 bits per heavy atom. The molecule has 0 bridgehead atoms. The molecule has 3 N–H and O–H groups in total. The highest BCUT2D eigenvalue weighted by atomic mass is 35.5. The summed E-state index contributed by atoms with van der Waals surface area (Å²) in [6.45, 7) is 9.12. The number of fused-ring (bicyclic) bond motifs is 2. The lowest BCUT2D eigenvalue weighted by atomic mass is 9.93. The fourth-order valence-corrected chi connectivity index (χ4v) is 4.54. The summed E-state index contributed by atoms with van der Waals surface area (Å²) in [5.41, 5.74) is 2.68. The van der Waals surface area contributed by atoms with Crippen LogP contribution in [0.5, 0.6) is 0 Å². The molecule has 0 saturated heterocycles. The maximum Gasteiger partial charge on any atom is 0.256 e. The minimum absolute atomic E-state index is 0.0443. The highest BCUT2D eigenvalue weighted by molar-refractivity contribution is 6.30. The number of amides is 1. The van der Waals surface area contributed by atoms with Crippen molar-refractivity contribution in [1.29, 1.82) is 0 Å². The van der Waals surface area contributed by atoms with Crippen molar-refractivity contribution in [2.45, 2.75) is 52.2 Å². The number of H-pyrrole nitrogens is 1. The lowest BCUT2D eigenvalue weighted by Gasteiger charge is -2.35. The van der Waals surface area contributed by atoms with Gasteiger partial charge < -0.3 is 20.5 Å². The molecule has 4 rings (SSSR count). The second kappa shape index (κ2) is 9.39. The number of halogens is 2. The van der Waals surface area contributed by atoms with Crippen molar-refractivity contribution in [3.8, 4) is 0 Å². The largest absolute Gasteiger partial charge is 0.374 e. The number of nitrogens with one attached hydrogen (secondary N) is 3. The normalized spacial score (nSPS) is 15.9. The number of carbonyl (C=O) groups is 1. The Bertz CT molecular complexity index is 1300. The molecule has 1 aliphatic heterocycles. The summed E-state index contributed by atoms with van der Waals surface area (Å²) in [7, 11) is 0. The smallest absolute Gasteiger partial charge is 0.256 e. The second-order valence-corrected chi connectivity index (χ2v) is 10.3. The number of nitrogens with zero attached hydrogens (tertiary/aromatic N) is 1. The average Bonchev–Trinajstić information content (AvgIpc) is 2.76. The molecule has 0 saturated carbocycles. The van der Waals surface area contributed by atoms with Crippen LogP contribution in [-0.4, -0.2) is 34.4 Å². The van der Waals surface area contributed by atoms with Crippen LogP contribution in [0.4, 0.5) is 10.1 Å². The highest BCUT2D eigenvalue weighted by Gasteiger charge is 2.27. The molecular formula is C26H30ClFN4O2. The SMILES string of the molecule is C[C@H]1c2ccc(Cl)cc2CCN1C(=O)CNc1cc2cc(CNC(C)(C)C)[nH]c(=O)c2cc1F. The summed E-state index contributed by atoms with van der Waals surface area (Å²) in [6, 6.07) is 10.3. The number of anilines is 1. The first-order valence-electron chi connectivity index (χ1n) is 11.4. The fourth-order valence-electron chi connectivity index (χ4n) is 4.35. The number of hydrogen-bond acceptors (Lipinski definition) is 4. The van der Waals surface area contributed by atoms with Crippen LogP contribution in [0.3, 0.4) is 0 Å². The minimum Gasteiger partial charge on any atom is -0.374 e. The van der Waals surface area contributed by atoms with E-state index in [9.17, 15) is 14.0 Å². The monoisotopic (exact) mass is 484 g/mol. The molecule has 1 atom stereocenters. The van der Waals surface area contributed by atoms with Crippen LogP contribution in [0.1, 0.15) is 50.6 Å². The van der Waals surface area contributed by atoms with E-state index in [2.05, 4.69) is 15.6 Å². The van der Waals surface area contributed by atoms with Gasteiger partial charge in [0.2, 0.25) is 5.91 Å². The Morgan fingerprint density at radius 2 is 2.00 bits per heavy atom. The number of aromatic nitrogens is 1. The predicted octanol–water partition coefficient (Wildman–Crippen LogP) is 4.77. The Kier molecular flexibility index (Phi) is 6.69. The van der Waals surface area contributed by atoms with Crippen molar-refractivity contribution in [3.05, 3.63) is 74.4 Å². The molecule has 2 aromatic carbocycles. The Hall–Kier alpha value is -2.90. The van der Waals surface area contributed by atoms with Gasteiger partial charge in [0.05, 0.1) is 23.7 Å². The van der Waals surface area contributed by atoms with Crippen LogP contribution in [-0.2, 0) is 17.8 Å². The maximum absolute atomic E-state index is 14.7. The third-order valence-electron chi connectivity index (χ3n) is 6.19. The van der Waals surface area contributed by atoms with Crippen LogP contribution in [0.15, 0.2) is 41.2 Å². The molecule has 1 amide bonds. The summed E-state index contributed by atoms with van der Waals surface area (Å²) < 4.78 is 14.7. The standard InChI is InChI=1S/C26H30ClFN4O2/c1-15-20-6-5-18(27)9-16(20)7-8-32(15)24(33)14-29-23-11-17-10-19(13-30-26(2,3)4)31-25(34)21(17)12-22(23)28/h5-6,9-12,15,29-30H,7-8,13-14H2,1-4H3,(H,31,34)/t15-/m0/s1. The molecule has 0 aliphatic carbocycles. The fraction of sp³-hybridized carbons (Fsp3) is 0.385. The first-order valence-corrected chi connectivity index (χ1v) is 11.8. The van der Waals surface area contributed by atoms with Crippen molar-refractivity contribution in [3.63, 3.8) is 0 Å². The van der Waals surface area contributed by atoms with Crippen molar-refractivity contribution in [1.82, 2.24) is 15.2 Å². The van der Waals surface area contributed by atoms with Gasteiger partial charge in [0.15, 0.2) is 0 Å². The summed E-state index contributed by atoms with van der Waals surface area (Å²) in [5, 5.41) is 7.84. The van der Waals surface area contributed by atoms with Gasteiger partial charge in [-0.15, -0.1) is 0 Å². The molecule has 6 nitrogen and oxygen atoms in total. The third kappa shape index (κ3) is 5.26. The summed E-state index contributed by atoms with van der Waals surface area (Å²) in [6.07, 6.45) is 0.727. The number of aromatic amines is 1. The first kappa shape index (κ1) is 24.2. The second-order valence-electron chi connectivity index (χ2n) is 9.86. The summed E-state index contributed by atoms with van der Waals surface area (Å²) in [4.78, 5) is 30.1. The van der Waals surface area contributed by atoms with Crippen molar-refractivity contribution in [2.75, 3.05) is 18.4 Å². The minimum atomic E-state index is -0.571. The van der Waals surface area contributed by atoms with E-state index in [1.54, 1.807) is 11.0 Å². The molecule has 8 heteroatoms. The van der Waals surface area contributed by atoms with E-state index >= 15 is 0 Å². The van der Waals surface area contributed by atoms with Gasteiger partial charge in [0, 0.05) is 29.3 Å². The molecule has 0 radical (unpaired) electrons. The Labute approximate surface area is 203 Å². The molecule has 0 unspecified atom stereocenters. The van der Waals surface area contributed by atoms with Crippen LogP contribution in [0.25, 0.3) is 10.8 Å². The van der Waals surface area contributed by atoms with Gasteiger partial charge in [-0.25, -0.2) is 4.39 Å². The van der Waals surface area contributed by atoms with E-state index in [4.69, 9.17) is 11.6 Å². The predicted molar refractivity (Wildman–Crippen MR) is 135 cm³/mol. The Balaban J connectivity index is 1.50. The van der Waals surface area contributed by atoms with Crippen LogP contribution >= 0.6 is 11.6 Å². The summed E-state index contributed by atoms with van der Waals surface area (Å²) in [5.74, 6) is -0.688. The lowest BCUT2D eigenvalue weighted by Crippen LogP contribution is -2.41. The van der Waals surface area contributed by atoms with Gasteiger partial charge in [-0.2, -0.15) is 0 Å². The molecule has 0 spiro atoms. The molecule has 180 valence electrons. The zero-order valence-corrected chi connectivity index (χ0v) is 20.6. The molecule has 3 aromatic rings. The zero-order valence-electron chi connectivity index (χ0n) is 19.9. The van der Waals surface area contributed by atoms with Gasteiger partial charge >= 0.3 is 0 Å². The lowest BCUT2D eigenvalue weighted by molar-refractivity contribution is -0.131. The van der Waals surface area contributed by atoms with E-state index in [0.29, 0.717) is 29.2 Å². The van der Waals surface area contributed by atoms with Crippen molar-refractivity contribution >= 4 is 34.0 Å². The third-order valence-corrected chi connectivity index (χ3v) is 6.43. The van der Waals surface area contributed by atoms with Gasteiger partial charge in [-0.05, 0) is 81.0 Å². The number of carbonyl (C=O) groups excluding carboxylic acids is 1. The molecule has 1 aromatic heterocycles. The van der Waals surface area contributed by atoms with Crippen LogP contribution in [0, 0.1) is 5.82 Å².